The predicted molar refractivity (Wildman–Crippen MR) is 127 cm³/mol. The van der Waals surface area contributed by atoms with Gasteiger partial charge in [-0.1, -0.05) is 70.4 Å². The molecule has 0 aromatic heterocycles. The number of rotatable bonds is 11. The van der Waals surface area contributed by atoms with E-state index in [4.69, 9.17) is 14.2 Å². The van der Waals surface area contributed by atoms with E-state index in [1.807, 2.05) is 6.07 Å². The number of ether oxygens (including phenoxy) is 1. The minimum atomic E-state index is -1.69. The first-order valence-corrected chi connectivity index (χ1v) is 14.5. The zero-order valence-electron chi connectivity index (χ0n) is 19.5. The molecule has 4 heteroatoms. The van der Waals surface area contributed by atoms with Gasteiger partial charge in [0.25, 0.3) is 0 Å². The molecule has 0 heterocycles. The largest absolute Gasteiger partial charge is 0.417 e. The Morgan fingerprint density at radius 3 is 2.45 bits per heavy atom. The average molecular weight is 418 g/mol. The molecule has 0 amide bonds. The van der Waals surface area contributed by atoms with Crippen LogP contribution in [0.3, 0.4) is 0 Å². The van der Waals surface area contributed by atoms with E-state index < -0.39 is 8.32 Å². The van der Waals surface area contributed by atoms with Crippen LogP contribution >= 0.6 is 0 Å². The molecule has 1 aromatic rings. The standard InChI is InChI=1S/C25H43NO2Si/c1-25(2,3)29(4,5)28-19-17-23(16-18-26-24-14-10-7-11-15-24)21-27-20-22-12-8-6-9-13-22/h6,8-9,12-13,18,23-24H,7,10-11,14-17,19-21H2,1-5H3. The normalized spacial score (nSPS) is 17.7. The summed E-state index contributed by atoms with van der Waals surface area (Å²) < 4.78 is 12.5. The van der Waals surface area contributed by atoms with E-state index in [9.17, 15) is 0 Å². The molecule has 29 heavy (non-hydrogen) atoms. The molecule has 0 saturated heterocycles. The Labute approximate surface area is 180 Å². The maximum Gasteiger partial charge on any atom is 0.191 e. The Morgan fingerprint density at radius 2 is 1.79 bits per heavy atom. The van der Waals surface area contributed by atoms with Crippen LogP contribution in [0.25, 0.3) is 0 Å². The van der Waals surface area contributed by atoms with Gasteiger partial charge in [-0.05, 0) is 61.5 Å². The van der Waals surface area contributed by atoms with E-state index in [-0.39, 0.29) is 5.04 Å². The fourth-order valence-electron chi connectivity index (χ4n) is 3.47. The first-order chi connectivity index (χ1) is 13.8. The second-order valence-electron chi connectivity index (χ2n) is 10.1. The van der Waals surface area contributed by atoms with Crippen LogP contribution < -0.4 is 0 Å². The molecule has 1 aliphatic carbocycles. The van der Waals surface area contributed by atoms with Gasteiger partial charge in [0.1, 0.15) is 0 Å². The van der Waals surface area contributed by atoms with Gasteiger partial charge >= 0.3 is 0 Å². The topological polar surface area (TPSA) is 30.8 Å². The van der Waals surface area contributed by atoms with Gasteiger partial charge in [-0.25, -0.2) is 0 Å². The molecule has 0 aliphatic heterocycles. The Kier molecular flexibility index (Phi) is 10.1. The second-order valence-corrected chi connectivity index (χ2v) is 14.9. The van der Waals surface area contributed by atoms with E-state index in [1.54, 1.807) is 0 Å². The van der Waals surface area contributed by atoms with Crippen LogP contribution in [0.1, 0.15) is 71.3 Å². The zero-order valence-corrected chi connectivity index (χ0v) is 20.5. The lowest BCUT2D eigenvalue weighted by Gasteiger charge is -2.36. The van der Waals surface area contributed by atoms with Gasteiger partial charge < -0.3 is 9.16 Å². The molecule has 1 saturated carbocycles. The molecular weight excluding hydrogens is 374 g/mol. The summed E-state index contributed by atoms with van der Waals surface area (Å²) in [7, 11) is -1.69. The first kappa shape index (κ1) is 24.3. The van der Waals surface area contributed by atoms with Crippen LogP contribution in [0.5, 0.6) is 0 Å². The maximum atomic E-state index is 6.42. The third-order valence-electron chi connectivity index (χ3n) is 6.59. The van der Waals surface area contributed by atoms with Crippen LogP contribution in [-0.4, -0.2) is 33.8 Å². The highest BCUT2D eigenvalue weighted by Gasteiger charge is 2.37. The first-order valence-electron chi connectivity index (χ1n) is 11.6. The fraction of sp³-hybridized carbons (Fsp3) is 0.720. The van der Waals surface area contributed by atoms with Gasteiger partial charge in [0.05, 0.1) is 13.2 Å². The SMILES string of the molecule is CC(C)(C)[Si](C)(C)OCCC(CC=NC1CCCCC1)COCc1ccccc1. The summed E-state index contributed by atoms with van der Waals surface area (Å²) in [5.74, 6) is 0.468. The van der Waals surface area contributed by atoms with Crippen molar-refractivity contribution in [3.05, 3.63) is 35.9 Å². The minimum absolute atomic E-state index is 0.259. The summed E-state index contributed by atoms with van der Waals surface area (Å²) in [5.41, 5.74) is 1.24. The average Bonchev–Trinajstić information content (AvgIpc) is 2.68. The maximum absolute atomic E-state index is 6.42. The smallest absolute Gasteiger partial charge is 0.191 e. The molecule has 1 aromatic carbocycles. The van der Waals surface area contributed by atoms with Gasteiger partial charge in [-0.2, -0.15) is 0 Å². The van der Waals surface area contributed by atoms with Crippen molar-refractivity contribution in [2.24, 2.45) is 10.9 Å². The Bertz CT molecular complexity index is 589. The summed E-state index contributed by atoms with van der Waals surface area (Å²) in [5, 5.41) is 0.259. The van der Waals surface area contributed by atoms with Crippen LogP contribution in [0, 0.1) is 5.92 Å². The summed E-state index contributed by atoms with van der Waals surface area (Å²) in [6.07, 6.45) is 10.8. The summed E-state index contributed by atoms with van der Waals surface area (Å²) in [6, 6.07) is 11.0. The van der Waals surface area contributed by atoms with Crippen molar-refractivity contribution >= 4 is 14.5 Å². The Balaban J connectivity index is 1.82. The van der Waals surface area contributed by atoms with Gasteiger partial charge in [0, 0.05) is 12.6 Å². The monoisotopic (exact) mass is 417 g/mol. The highest BCUT2D eigenvalue weighted by molar-refractivity contribution is 6.74. The fourth-order valence-corrected chi connectivity index (χ4v) is 4.53. The third-order valence-corrected chi connectivity index (χ3v) is 11.1. The Morgan fingerprint density at radius 1 is 1.10 bits per heavy atom. The molecule has 0 N–H and O–H groups in total. The van der Waals surface area contributed by atoms with E-state index in [0.717, 1.165) is 26.1 Å². The van der Waals surface area contributed by atoms with Crippen LogP contribution in [0.15, 0.2) is 35.3 Å². The molecule has 1 unspecified atom stereocenters. The van der Waals surface area contributed by atoms with Gasteiger partial charge in [-0.15, -0.1) is 0 Å². The van der Waals surface area contributed by atoms with E-state index in [1.165, 1.54) is 37.7 Å². The van der Waals surface area contributed by atoms with Crippen molar-refractivity contribution in [1.29, 1.82) is 0 Å². The van der Waals surface area contributed by atoms with Crippen molar-refractivity contribution in [2.75, 3.05) is 13.2 Å². The van der Waals surface area contributed by atoms with Crippen molar-refractivity contribution in [3.8, 4) is 0 Å². The quantitative estimate of drug-likeness (QED) is 0.286. The van der Waals surface area contributed by atoms with E-state index in [2.05, 4.69) is 64.3 Å². The lowest BCUT2D eigenvalue weighted by Crippen LogP contribution is -2.41. The molecule has 1 fully saturated rings. The number of hydrogen-bond acceptors (Lipinski definition) is 3. The van der Waals surface area contributed by atoms with Crippen LogP contribution in [0.2, 0.25) is 18.1 Å². The highest BCUT2D eigenvalue weighted by Crippen LogP contribution is 2.36. The zero-order chi connectivity index (χ0) is 21.2. The highest BCUT2D eigenvalue weighted by atomic mass is 28.4. The molecule has 0 radical (unpaired) electrons. The summed E-state index contributed by atoms with van der Waals surface area (Å²) in [4.78, 5) is 4.87. The number of aliphatic imine (C=N–C) groups is 1. The van der Waals surface area contributed by atoms with Crippen LogP contribution in [0.4, 0.5) is 0 Å². The van der Waals surface area contributed by atoms with Crippen molar-refractivity contribution < 1.29 is 9.16 Å². The minimum Gasteiger partial charge on any atom is -0.417 e. The lowest BCUT2D eigenvalue weighted by molar-refractivity contribution is 0.0801. The molecule has 1 aliphatic rings. The van der Waals surface area contributed by atoms with Crippen molar-refractivity contribution in [2.45, 2.75) is 96.5 Å². The molecule has 0 spiro atoms. The second kappa shape index (κ2) is 12.0. The predicted octanol–water partition coefficient (Wildman–Crippen LogP) is 7.02. The Hall–Kier alpha value is -0.973. The lowest BCUT2D eigenvalue weighted by atomic mass is 9.96. The molecule has 1 atom stereocenters. The van der Waals surface area contributed by atoms with Crippen LogP contribution in [-0.2, 0) is 15.8 Å². The summed E-state index contributed by atoms with van der Waals surface area (Å²) in [6.45, 7) is 13.8. The molecule has 0 bridgehead atoms. The van der Waals surface area contributed by atoms with E-state index >= 15 is 0 Å². The molecule has 3 nitrogen and oxygen atoms in total. The van der Waals surface area contributed by atoms with Crippen molar-refractivity contribution in [3.63, 3.8) is 0 Å². The van der Waals surface area contributed by atoms with Gasteiger partial charge in [0.15, 0.2) is 8.32 Å². The molecule has 2 rings (SSSR count). The van der Waals surface area contributed by atoms with Gasteiger partial charge in [-0.3, -0.25) is 4.99 Å². The van der Waals surface area contributed by atoms with Gasteiger partial charge in [0.2, 0.25) is 0 Å². The van der Waals surface area contributed by atoms with E-state index in [0.29, 0.717) is 18.6 Å². The van der Waals surface area contributed by atoms with Crippen molar-refractivity contribution in [1.82, 2.24) is 0 Å². The third kappa shape index (κ3) is 9.14. The number of hydrogen-bond donors (Lipinski definition) is 0. The number of nitrogens with zero attached hydrogens (tertiary/aromatic N) is 1. The number of benzene rings is 1. The summed E-state index contributed by atoms with van der Waals surface area (Å²) >= 11 is 0. The molecule has 164 valence electrons. The molecular formula is C25H43NO2Si.